The average Bonchev–Trinajstić information content (AvgIpc) is 2.96. The van der Waals surface area contributed by atoms with E-state index in [1.54, 1.807) is 36.9 Å². The SMILES string of the molecule is C[C@@H](NC(=O)c1nn(C)c2cc(Cl)ccc12)c1ccc(OCC(F)(F)F)cn1. The lowest BCUT2D eigenvalue weighted by Crippen LogP contribution is -2.27. The Labute approximate surface area is 163 Å². The van der Waals surface area contributed by atoms with Crippen LogP contribution in [-0.4, -0.2) is 33.5 Å². The number of carbonyl (C=O) groups excluding carboxylic acids is 1. The van der Waals surface area contributed by atoms with Gasteiger partial charge in [0, 0.05) is 17.5 Å². The molecule has 0 bridgehead atoms. The van der Waals surface area contributed by atoms with E-state index in [1.165, 1.54) is 18.3 Å². The van der Waals surface area contributed by atoms with Crippen molar-refractivity contribution in [3.63, 3.8) is 0 Å². The smallest absolute Gasteiger partial charge is 0.422 e. The van der Waals surface area contributed by atoms with Gasteiger partial charge in [-0.25, -0.2) is 0 Å². The van der Waals surface area contributed by atoms with Gasteiger partial charge >= 0.3 is 6.18 Å². The highest BCUT2D eigenvalue weighted by atomic mass is 35.5. The summed E-state index contributed by atoms with van der Waals surface area (Å²) >= 11 is 5.98. The quantitative estimate of drug-likeness (QED) is 0.686. The number of halogens is 4. The fraction of sp³-hybridized carbons (Fsp3) is 0.278. The van der Waals surface area contributed by atoms with Crippen molar-refractivity contribution in [1.29, 1.82) is 0 Å². The second kappa shape index (κ2) is 7.67. The van der Waals surface area contributed by atoms with Crippen molar-refractivity contribution < 1.29 is 22.7 Å². The number of ether oxygens (including phenoxy) is 1. The number of nitrogens with zero attached hydrogens (tertiary/aromatic N) is 3. The van der Waals surface area contributed by atoms with Crippen molar-refractivity contribution in [2.75, 3.05) is 6.61 Å². The zero-order valence-electron chi connectivity index (χ0n) is 14.9. The van der Waals surface area contributed by atoms with Gasteiger partial charge in [-0.2, -0.15) is 18.3 Å². The van der Waals surface area contributed by atoms with Crippen LogP contribution in [0.4, 0.5) is 13.2 Å². The number of aromatic nitrogens is 3. The summed E-state index contributed by atoms with van der Waals surface area (Å²) in [6.07, 6.45) is -3.24. The van der Waals surface area contributed by atoms with E-state index in [9.17, 15) is 18.0 Å². The van der Waals surface area contributed by atoms with Crippen molar-refractivity contribution in [2.24, 2.45) is 7.05 Å². The van der Waals surface area contributed by atoms with Crippen LogP contribution in [0.25, 0.3) is 10.9 Å². The maximum absolute atomic E-state index is 12.6. The summed E-state index contributed by atoms with van der Waals surface area (Å²) in [5, 5.41) is 8.20. The number of rotatable bonds is 5. The van der Waals surface area contributed by atoms with Gasteiger partial charge in [-0.15, -0.1) is 0 Å². The van der Waals surface area contributed by atoms with E-state index in [-0.39, 0.29) is 11.4 Å². The number of pyridine rings is 1. The van der Waals surface area contributed by atoms with Crippen molar-refractivity contribution in [3.8, 4) is 5.75 Å². The van der Waals surface area contributed by atoms with E-state index in [1.807, 2.05) is 0 Å². The maximum atomic E-state index is 12.6. The Morgan fingerprint density at radius 1 is 1.32 bits per heavy atom. The van der Waals surface area contributed by atoms with Gasteiger partial charge in [-0.05, 0) is 37.3 Å². The van der Waals surface area contributed by atoms with Crippen molar-refractivity contribution in [3.05, 3.63) is 52.9 Å². The summed E-state index contributed by atoms with van der Waals surface area (Å²) < 4.78 is 42.7. The molecule has 0 aliphatic rings. The lowest BCUT2D eigenvalue weighted by molar-refractivity contribution is -0.153. The largest absolute Gasteiger partial charge is 0.483 e. The monoisotopic (exact) mass is 412 g/mol. The Morgan fingerprint density at radius 2 is 2.07 bits per heavy atom. The van der Waals surface area contributed by atoms with Crippen LogP contribution in [0, 0.1) is 0 Å². The molecular formula is C18H16ClF3N4O2. The molecule has 0 unspecified atom stereocenters. The number of fused-ring (bicyclic) bond motifs is 1. The van der Waals surface area contributed by atoms with Gasteiger partial charge in [-0.1, -0.05) is 11.6 Å². The number of hydrogen-bond acceptors (Lipinski definition) is 4. The van der Waals surface area contributed by atoms with Crippen LogP contribution >= 0.6 is 11.6 Å². The minimum Gasteiger partial charge on any atom is -0.483 e. The van der Waals surface area contributed by atoms with Gasteiger partial charge in [0.05, 0.1) is 23.4 Å². The first-order valence-electron chi connectivity index (χ1n) is 8.22. The van der Waals surface area contributed by atoms with Crippen molar-refractivity contribution >= 4 is 28.4 Å². The molecule has 3 aromatic rings. The van der Waals surface area contributed by atoms with Crippen LogP contribution in [0.1, 0.15) is 29.1 Å². The predicted molar refractivity (Wildman–Crippen MR) is 97.4 cm³/mol. The summed E-state index contributed by atoms with van der Waals surface area (Å²) in [4.78, 5) is 16.7. The molecule has 28 heavy (non-hydrogen) atoms. The lowest BCUT2D eigenvalue weighted by atomic mass is 10.1. The Kier molecular flexibility index (Phi) is 5.46. The van der Waals surface area contributed by atoms with Gasteiger partial charge in [0.15, 0.2) is 12.3 Å². The van der Waals surface area contributed by atoms with Crippen LogP contribution in [0.2, 0.25) is 5.02 Å². The summed E-state index contributed by atoms with van der Waals surface area (Å²) in [6, 6.07) is 7.48. The number of hydrogen-bond donors (Lipinski definition) is 1. The molecule has 0 radical (unpaired) electrons. The second-order valence-electron chi connectivity index (χ2n) is 6.15. The Bertz CT molecular complexity index is 1000. The third-order valence-electron chi connectivity index (χ3n) is 3.98. The molecule has 1 amide bonds. The molecule has 1 N–H and O–H groups in total. The van der Waals surface area contributed by atoms with Gasteiger partial charge < -0.3 is 10.1 Å². The van der Waals surface area contributed by atoms with E-state index < -0.39 is 24.7 Å². The van der Waals surface area contributed by atoms with E-state index in [0.717, 1.165) is 5.52 Å². The molecule has 0 aliphatic carbocycles. The Morgan fingerprint density at radius 3 is 2.71 bits per heavy atom. The first-order valence-corrected chi connectivity index (χ1v) is 8.60. The van der Waals surface area contributed by atoms with Gasteiger partial charge in [0.2, 0.25) is 0 Å². The fourth-order valence-corrected chi connectivity index (χ4v) is 2.80. The first-order chi connectivity index (χ1) is 13.1. The molecule has 0 fully saturated rings. The number of nitrogens with one attached hydrogen (secondary N) is 1. The maximum Gasteiger partial charge on any atom is 0.422 e. The van der Waals surface area contributed by atoms with Crippen LogP contribution in [0.3, 0.4) is 0 Å². The van der Waals surface area contributed by atoms with E-state index in [4.69, 9.17) is 11.6 Å². The molecule has 2 aromatic heterocycles. The minimum absolute atomic E-state index is 0.00722. The molecule has 0 spiro atoms. The normalized spacial score (nSPS) is 12.8. The standard InChI is InChI=1S/C18H16ClF3N4O2/c1-10(14-6-4-12(8-23-14)28-9-18(20,21)22)24-17(27)16-13-5-3-11(19)7-15(13)26(2)25-16/h3-8,10H,9H2,1-2H3,(H,24,27)/t10-/m1/s1. The molecule has 0 aliphatic heterocycles. The average molecular weight is 413 g/mol. The molecule has 148 valence electrons. The summed E-state index contributed by atoms with van der Waals surface area (Å²) in [6.45, 7) is 0.315. The van der Waals surface area contributed by atoms with Crippen LogP contribution in [-0.2, 0) is 7.05 Å². The summed E-state index contributed by atoms with van der Waals surface area (Å²) in [5.41, 5.74) is 1.43. The molecule has 6 nitrogen and oxygen atoms in total. The van der Waals surface area contributed by atoms with Crippen LogP contribution in [0.15, 0.2) is 36.5 Å². The molecular weight excluding hydrogens is 397 g/mol. The topological polar surface area (TPSA) is 69.0 Å². The van der Waals surface area contributed by atoms with Gasteiger partial charge in [-0.3, -0.25) is 14.5 Å². The van der Waals surface area contributed by atoms with Crippen LogP contribution in [0.5, 0.6) is 5.75 Å². The van der Waals surface area contributed by atoms with E-state index in [2.05, 4.69) is 20.1 Å². The number of aryl methyl sites for hydroxylation is 1. The van der Waals surface area contributed by atoms with Crippen LogP contribution < -0.4 is 10.1 Å². The number of amides is 1. The number of carbonyl (C=O) groups is 1. The number of benzene rings is 1. The van der Waals surface area contributed by atoms with Gasteiger partial charge in [0.25, 0.3) is 5.91 Å². The molecule has 10 heteroatoms. The third-order valence-corrected chi connectivity index (χ3v) is 4.22. The third kappa shape index (κ3) is 4.53. The Hall–Kier alpha value is -2.81. The van der Waals surface area contributed by atoms with Gasteiger partial charge in [0.1, 0.15) is 5.75 Å². The highest BCUT2D eigenvalue weighted by Gasteiger charge is 2.28. The molecule has 2 heterocycles. The lowest BCUT2D eigenvalue weighted by Gasteiger charge is -2.14. The highest BCUT2D eigenvalue weighted by Crippen LogP contribution is 2.23. The summed E-state index contributed by atoms with van der Waals surface area (Å²) in [7, 11) is 1.71. The second-order valence-corrected chi connectivity index (χ2v) is 6.59. The minimum atomic E-state index is -4.42. The van der Waals surface area contributed by atoms with E-state index >= 15 is 0 Å². The fourth-order valence-electron chi connectivity index (χ4n) is 2.64. The van der Waals surface area contributed by atoms with Crippen molar-refractivity contribution in [1.82, 2.24) is 20.1 Å². The highest BCUT2D eigenvalue weighted by molar-refractivity contribution is 6.31. The molecule has 0 saturated heterocycles. The molecule has 1 atom stereocenters. The molecule has 3 rings (SSSR count). The Balaban J connectivity index is 1.71. The first kappa shape index (κ1) is 19.9. The molecule has 1 aromatic carbocycles. The molecule has 0 saturated carbocycles. The number of alkyl halides is 3. The predicted octanol–water partition coefficient (Wildman–Crippen LogP) is 4.05. The zero-order valence-corrected chi connectivity index (χ0v) is 15.7. The van der Waals surface area contributed by atoms with Crippen molar-refractivity contribution in [2.45, 2.75) is 19.1 Å². The van der Waals surface area contributed by atoms with E-state index in [0.29, 0.717) is 16.1 Å². The zero-order chi connectivity index (χ0) is 20.5. The summed E-state index contributed by atoms with van der Waals surface area (Å²) in [5.74, 6) is -0.410.